The topological polar surface area (TPSA) is 113 Å². The van der Waals surface area contributed by atoms with Crippen molar-refractivity contribution in [1.29, 1.82) is 0 Å². The van der Waals surface area contributed by atoms with Crippen molar-refractivity contribution in [2.24, 2.45) is 0 Å². The van der Waals surface area contributed by atoms with E-state index in [1.54, 1.807) is 6.92 Å². The first-order valence-electron chi connectivity index (χ1n) is 5.19. The molecule has 0 aromatic heterocycles. The van der Waals surface area contributed by atoms with Crippen molar-refractivity contribution in [3.05, 3.63) is 0 Å². The Hall–Kier alpha value is -1.15. The number of hydrogen-bond donors (Lipinski definition) is 3. The van der Waals surface area contributed by atoms with Gasteiger partial charge < -0.3 is 15.7 Å². The lowest BCUT2D eigenvalue weighted by Gasteiger charge is -2.13. The Bertz CT molecular complexity index is 366. The molecule has 0 aromatic rings. The average Bonchev–Trinajstić information content (AvgIpc) is 2.21. The molecule has 3 N–H and O–H groups in total. The number of sulfone groups is 1. The van der Waals surface area contributed by atoms with E-state index in [9.17, 15) is 18.0 Å². The number of carbonyl (C=O) groups is 2. The Morgan fingerprint density at radius 3 is 2.35 bits per heavy atom. The average molecular weight is 266 g/mol. The molecule has 0 fully saturated rings. The van der Waals surface area contributed by atoms with Crippen LogP contribution in [0.2, 0.25) is 0 Å². The molecule has 8 heteroatoms. The number of aliphatic carboxylic acids is 1. The zero-order chi connectivity index (χ0) is 13.5. The molecule has 17 heavy (non-hydrogen) atoms. The molecule has 0 spiro atoms. The Labute approximate surface area is 101 Å². The summed E-state index contributed by atoms with van der Waals surface area (Å²) < 4.78 is 22.3. The van der Waals surface area contributed by atoms with Gasteiger partial charge in [-0.1, -0.05) is 6.92 Å². The van der Waals surface area contributed by atoms with Crippen LogP contribution in [0.4, 0.5) is 0 Å². The third-order valence-corrected chi connectivity index (χ3v) is 3.76. The summed E-state index contributed by atoms with van der Waals surface area (Å²) in [7, 11) is -3.06. The number of carboxylic acid groups (broad SMARTS) is 1. The molecule has 1 atom stereocenters. The van der Waals surface area contributed by atoms with Gasteiger partial charge in [-0.25, -0.2) is 13.2 Å². The highest BCUT2D eigenvalue weighted by molar-refractivity contribution is 7.91. The highest BCUT2D eigenvalue weighted by atomic mass is 32.2. The summed E-state index contributed by atoms with van der Waals surface area (Å²) in [6.07, 6.45) is 0. The molecular formula is C9H18N2O5S. The van der Waals surface area contributed by atoms with Crippen LogP contribution in [-0.4, -0.2) is 56.0 Å². The third-order valence-electron chi connectivity index (χ3n) is 2.05. The van der Waals surface area contributed by atoms with Crippen molar-refractivity contribution in [3.8, 4) is 0 Å². The first kappa shape index (κ1) is 15.9. The summed E-state index contributed by atoms with van der Waals surface area (Å²) >= 11 is 0. The monoisotopic (exact) mass is 266 g/mol. The molecule has 0 aromatic carbocycles. The van der Waals surface area contributed by atoms with Gasteiger partial charge in [0, 0.05) is 25.8 Å². The predicted octanol–water partition coefficient (Wildman–Crippen LogP) is -1.40. The molecule has 1 unspecified atom stereocenters. The number of amides is 1. The van der Waals surface area contributed by atoms with Crippen LogP contribution in [0.5, 0.6) is 0 Å². The van der Waals surface area contributed by atoms with E-state index >= 15 is 0 Å². The smallest absolute Gasteiger partial charge is 0.327 e. The molecule has 0 aliphatic rings. The normalized spacial score (nSPS) is 13.1. The molecule has 1 amide bonds. The lowest BCUT2D eigenvalue weighted by atomic mass is 10.3. The van der Waals surface area contributed by atoms with Crippen molar-refractivity contribution < 1.29 is 23.1 Å². The number of carbonyl (C=O) groups excluding carboxylic acids is 1. The zero-order valence-electron chi connectivity index (χ0n) is 9.89. The molecule has 0 saturated heterocycles. The quantitative estimate of drug-likeness (QED) is 0.466. The van der Waals surface area contributed by atoms with E-state index in [2.05, 4.69) is 10.6 Å². The van der Waals surface area contributed by atoms with Gasteiger partial charge in [0.15, 0.2) is 9.84 Å². The van der Waals surface area contributed by atoms with Crippen molar-refractivity contribution in [2.75, 3.05) is 24.6 Å². The molecule has 0 radical (unpaired) electrons. The van der Waals surface area contributed by atoms with Gasteiger partial charge in [0.25, 0.3) is 0 Å². The van der Waals surface area contributed by atoms with Crippen molar-refractivity contribution in [1.82, 2.24) is 10.6 Å². The number of rotatable bonds is 8. The van der Waals surface area contributed by atoms with Crippen LogP contribution in [0, 0.1) is 0 Å². The highest BCUT2D eigenvalue weighted by Crippen LogP contribution is 1.88. The van der Waals surface area contributed by atoms with Crippen LogP contribution in [0.3, 0.4) is 0 Å². The highest BCUT2D eigenvalue weighted by Gasteiger charge is 2.17. The first-order valence-corrected chi connectivity index (χ1v) is 7.01. The summed E-state index contributed by atoms with van der Waals surface area (Å²) in [6, 6.07) is -1.04. The van der Waals surface area contributed by atoms with E-state index in [-0.39, 0.29) is 24.6 Å². The second kappa shape index (κ2) is 7.23. The molecule has 0 heterocycles. The maximum atomic E-state index is 11.1. The van der Waals surface area contributed by atoms with Crippen molar-refractivity contribution in [3.63, 3.8) is 0 Å². The standard InChI is InChI=1S/C9H18N2O5S/c1-3-17(15,16)5-4-10-6-8(9(13)14)11-7(2)12/h8,10H,3-6H2,1-2H3,(H,11,12)(H,13,14). The first-order chi connectivity index (χ1) is 7.78. The van der Waals surface area contributed by atoms with Crippen LogP contribution in [0.15, 0.2) is 0 Å². The van der Waals surface area contributed by atoms with Crippen LogP contribution in [-0.2, 0) is 19.4 Å². The summed E-state index contributed by atoms with van der Waals surface area (Å²) in [6.45, 7) is 2.93. The van der Waals surface area contributed by atoms with E-state index in [1.807, 2.05) is 0 Å². The lowest BCUT2D eigenvalue weighted by Crippen LogP contribution is -2.47. The number of nitrogens with one attached hydrogen (secondary N) is 2. The minimum Gasteiger partial charge on any atom is -0.480 e. The van der Waals surface area contributed by atoms with E-state index < -0.39 is 27.8 Å². The van der Waals surface area contributed by atoms with E-state index in [4.69, 9.17) is 5.11 Å². The van der Waals surface area contributed by atoms with Crippen LogP contribution in [0.1, 0.15) is 13.8 Å². The van der Waals surface area contributed by atoms with Gasteiger partial charge in [0.2, 0.25) is 5.91 Å². The molecule has 0 aliphatic carbocycles. The molecule has 0 bridgehead atoms. The van der Waals surface area contributed by atoms with E-state index in [1.165, 1.54) is 6.92 Å². The Morgan fingerprint density at radius 1 is 1.35 bits per heavy atom. The predicted molar refractivity (Wildman–Crippen MR) is 62.4 cm³/mol. The zero-order valence-corrected chi connectivity index (χ0v) is 10.7. The Balaban J connectivity index is 3.99. The molecule has 7 nitrogen and oxygen atoms in total. The fourth-order valence-corrected chi connectivity index (χ4v) is 1.81. The van der Waals surface area contributed by atoms with Gasteiger partial charge in [-0.2, -0.15) is 0 Å². The van der Waals surface area contributed by atoms with E-state index in [0.717, 1.165) is 0 Å². The molecule has 0 aliphatic heterocycles. The van der Waals surface area contributed by atoms with Crippen molar-refractivity contribution >= 4 is 21.7 Å². The van der Waals surface area contributed by atoms with Crippen molar-refractivity contribution in [2.45, 2.75) is 19.9 Å². The minimum absolute atomic E-state index is 0.00581. The molecule has 100 valence electrons. The van der Waals surface area contributed by atoms with Crippen LogP contribution >= 0.6 is 0 Å². The van der Waals surface area contributed by atoms with Gasteiger partial charge in [-0.05, 0) is 0 Å². The maximum Gasteiger partial charge on any atom is 0.327 e. The third kappa shape index (κ3) is 7.70. The number of hydrogen-bond acceptors (Lipinski definition) is 5. The Morgan fingerprint density at radius 2 is 1.94 bits per heavy atom. The van der Waals surface area contributed by atoms with Gasteiger partial charge >= 0.3 is 5.97 Å². The second-order valence-corrected chi connectivity index (χ2v) is 6.00. The fourth-order valence-electron chi connectivity index (χ4n) is 1.06. The summed E-state index contributed by atoms with van der Waals surface area (Å²) in [4.78, 5) is 21.4. The van der Waals surface area contributed by atoms with Crippen LogP contribution < -0.4 is 10.6 Å². The second-order valence-electron chi connectivity index (χ2n) is 3.53. The minimum atomic E-state index is -3.06. The summed E-state index contributed by atoms with van der Waals surface area (Å²) in [5, 5.41) is 13.7. The SMILES string of the molecule is CCS(=O)(=O)CCNCC(NC(C)=O)C(=O)O. The van der Waals surface area contributed by atoms with Gasteiger partial charge in [0.1, 0.15) is 6.04 Å². The van der Waals surface area contributed by atoms with E-state index in [0.29, 0.717) is 0 Å². The fraction of sp³-hybridized carbons (Fsp3) is 0.778. The largest absolute Gasteiger partial charge is 0.480 e. The summed E-state index contributed by atoms with van der Waals surface area (Å²) in [5.74, 6) is -1.59. The maximum absolute atomic E-state index is 11.1. The Kier molecular flexibility index (Phi) is 6.74. The van der Waals surface area contributed by atoms with Gasteiger partial charge in [0.05, 0.1) is 5.75 Å². The number of carboxylic acids is 1. The van der Waals surface area contributed by atoms with Gasteiger partial charge in [-0.15, -0.1) is 0 Å². The molecular weight excluding hydrogens is 248 g/mol. The lowest BCUT2D eigenvalue weighted by molar-refractivity contribution is -0.141. The van der Waals surface area contributed by atoms with Crippen LogP contribution in [0.25, 0.3) is 0 Å². The molecule has 0 rings (SSSR count). The molecule has 0 saturated carbocycles. The summed E-state index contributed by atoms with van der Waals surface area (Å²) in [5.41, 5.74) is 0. The van der Waals surface area contributed by atoms with Gasteiger partial charge in [-0.3, -0.25) is 4.79 Å².